The van der Waals surface area contributed by atoms with Crippen molar-refractivity contribution in [3.05, 3.63) is 29.8 Å². The van der Waals surface area contributed by atoms with Crippen LogP contribution in [0.2, 0.25) is 0 Å². The SMILES string of the molecule is CN=C(NCCCOCC1CCCO1)NCc1ccc(NC(=O)OC)cc1.I. The molecule has 8 nitrogen and oxygen atoms in total. The van der Waals surface area contributed by atoms with Gasteiger partial charge >= 0.3 is 6.09 Å². The van der Waals surface area contributed by atoms with E-state index < -0.39 is 6.09 Å². The second-order valence-corrected chi connectivity index (χ2v) is 6.23. The van der Waals surface area contributed by atoms with Crippen LogP contribution in [-0.4, -0.2) is 58.7 Å². The fraction of sp³-hybridized carbons (Fsp3) is 0.579. The molecular weight excluding hydrogens is 475 g/mol. The molecule has 1 aromatic rings. The van der Waals surface area contributed by atoms with Crippen LogP contribution in [0, 0.1) is 0 Å². The minimum Gasteiger partial charge on any atom is -0.453 e. The third-order valence-corrected chi connectivity index (χ3v) is 4.15. The van der Waals surface area contributed by atoms with Gasteiger partial charge in [-0.25, -0.2) is 4.79 Å². The topological polar surface area (TPSA) is 93.2 Å². The van der Waals surface area contributed by atoms with Gasteiger partial charge in [0.25, 0.3) is 0 Å². The lowest BCUT2D eigenvalue weighted by molar-refractivity contribution is 0.0168. The molecule has 1 aliphatic rings. The molecular formula is C19H31IN4O4. The van der Waals surface area contributed by atoms with Crippen molar-refractivity contribution < 1.29 is 19.0 Å². The number of hydrogen-bond acceptors (Lipinski definition) is 5. The summed E-state index contributed by atoms with van der Waals surface area (Å²) in [4.78, 5) is 15.4. The van der Waals surface area contributed by atoms with E-state index in [0.29, 0.717) is 25.4 Å². The number of carbonyl (C=O) groups excluding carboxylic acids is 1. The highest BCUT2D eigenvalue weighted by molar-refractivity contribution is 14.0. The molecule has 0 spiro atoms. The van der Waals surface area contributed by atoms with Crippen molar-refractivity contribution in [1.29, 1.82) is 0 Å². The summed E-state index contributed by atoms with van der Waals surface area (Å²) in [5.41, 5.74) is 1.77. The largest absolute Gasteiger partial charge is 0.453 e. The van der Waals surface area contributed by atoms with Crippen molar-refractivity contribution in [1.82, 2.24) is 10.6 Å². The predicted octanol–water partition coefficient (Wildman–Crippen LogP) is 2.73. The number of benzene rings is 1. The molecule has 1 aliphatic heterocycles. The molecule has 158 valence electrons. The van der Waals surface area contributed by atoms with E-state index in [1.807, 2.05) is 24.3 Å². The highest BCUT2D eigenvalue weighted by Crippen LogP contribution is 2.12. The molecule has 28 heavy (non-hydrogen) atoms. The standard InChI is InChI=1S/C19H30N4O4.HI/c1-20-18(21-10-4-11-26-14-17-5-3-12-27-17)22-13-15-6-8-16(9-7-15)23-19(24)25-2;/h6-9,17H,3-5,10-14H2,1-2H3,(H,23,24)(H2,20,21,22);1H. The third kappa shape index (κ3) is 9.56. The van der Waals surface area contributed by atoms with Gasteiger partial charge in [0, 0.05) is 39.0 Å². The molecule has 0 bridgehead atoms. The highest BCUT2D eigenvalue weighted by Gasteiger charge is 2.14. The highest BCUT2D eigenvalue weighted by atomic mass is 127. The van der Waals surface area contributed by atoms with Gasteiger partial charge in [0.2, 0.25) is 0 Å². The van der Waals surface area contributed by atoms with Crippen molar-refractivity contribution in [3.63, 3.8) is 0 Å². The molecule has 1 fully saturated rings. The average Bonchev–Trinajstić information content (AvgIpc) is 3.21. The second kappa shape index (κ2) is 14.4. The van der Waals surface area contributed by atoms with Gasteiger partial charge in [0.1, 0.15) is 0 Å². The van der Waals surface area contributed by atoms with Gasteiger partial charge < -0.3 is 24.8 Å². The van der Waals surface area contributed by atoms with E-state index in [0.717, 1.165) is 43.9 Å². The second-order valence-electron chi connectivity index (χ2n) is 6.23. The number of halogens is 1. The van der Waals surface area contributed by atoms with Gasteiger partial charge in [-0.3, -0.25) is 10.3 Å². The summed E-state index contributed by atoms with van der Waals surface area (Å²) in [6, 6.07) is 7.53. The summed E-state index contributed by atoms with van der Waals surface area (Å²) < 4.78 is 15.7. The van der Waals surface area contributed by atoms with Crippen LogP contribution >= 0.6 is 24.0 Å². The van der Waals surface area contributed by atoms with E-state index in [2.05, 4.69) is 25.7 Å². The Labute approximate surface area is 183 Å². The summed E-state index contributed by atoms with van der Waals surface area (Å²) in [7, 11) is 3.08. The maximum absolute atomic E-state index is 11.2. The van der Waals surface area contributed by atoms with Crippen LogP contribution in [0.3, 0.4) is 0 Å². The zero-order valence-corrected chi connectivity index (χ0v) is 18.9. The fourth-order valence-corrected chi connectivity index (χ4v) is 2.65. The van der Waals surface area contributed by atoms with Gasteiger partial charge in [-0.2, -0.15) is 0 Å². The molecule has 0 aliphatic carbocycles. The smallest absolute Gasteiger partial charge is 0.411 e. The van der Waals surface area contributed by atoms with Crippen molar-refractivity contribution in [2.24, 2.45) is 4.99 Å². The summed E-state index contributed by atoms with van der Waals surface area (Å²) in [6.45, 7) is 3.68. The lowest BCUT2D eigenvalue weighted by atomic mass is 10.2. The number of anilines is 1. The van der Waals surface area contributed by atoms with E-state index in [9.17, 15) is 4.79 Å². The normalized spacial score (nSPS) is 16.2. The Morgan fingerprint density at radius 3 is 2.71 bits per heavy atom. The Balaban J connectivity index is 0.00000392. The first kappa shape index (κ1) is 24.4. The number of rotatable bonds is 9. The number of aliphatic imine (C=N–C) groups is 1. The van der Waals surface area contributed by atoms with Gasteiger partial charge in [-0.1, -0.05) is 12.1 Å². The number of nitrogens with one attached hydrogen (secondary N) is 3. The van der Waals surface area contributed by atoms with Crippen molar-refractivity contribution in [2.75, 3.05) is 45.8 Å². The Hall–Kier alpha value is -1.59. The van der Waals surface area contributed by atoms with Crippen LogP contribution in [0.4, 0.5) is 10.5 Å². The van der Waals surface area contributed by atoms with Crippen molar-refractivity contribution in [3.8, 4) is 0 Å². The summed E-state index contributed by atoms with van der Waals surface area (Å²) in [5, 5.41) is 9.15. The van der Waals surface area contributed by atoms with Gasteiger partial charge in [-0.05, 0) is 37.0 Å². The number of hydrogen-bond donors (Lipinski definition) is 3. The molecule has 0 saturated carbocycles. The Kier molecular flexibility index (Phi) is 12.6. The monoisotopic (exact) mass is 506 g/mol. The number of nitrogens with zero attached hydrogens (tertiary/aromatic N) is 1. The number of carbonyl (C=O) groups is 1. The number of ether oxygens (including phenoxy) is 3. The van der Waals surface area contributed by atoms with Crippen molar-refractivity contribution >= 4 is 41.7 Å². The van der Waals surface area contributed by atoms with E-state index in [1.165, 1.54) is 7.11 Å². The van der Waals surface area contributed by atoms with Crippen LogP contribution in [0.1, 0.15) is 24.8 Å². The van der Waals surface area contributed by atoms with E-state index in [1.54, 1.807) is 7.05 Å². The molecule has 1 saturated heterocycles. The predicted molar refractivity (Wildman–Crippen MR) is 120 cm³/mol. The first-order valence-corrected chi connectivity index (χ1v) is 9.29. The van der Waals surface area contributed by atoms with Gasteiger partial charge in [0.05, 0.1) is 19.8 Å². The molecule has 1 unspecified atom stereocenters. The molecule has 1 atom stereocenters. The third-order valence-electron chi connectivity index (χ3n) is 4.15. The molecule has 0 radical (unpaired) electrons. The molecule has 3 N–H and O–H groups in total. The maximum Gasteiger partial charge on any atom is 0.411 e. The van der Waals surface area contributed by atoms with Crippen LogP contribution < -0.4 is 16.0 Å². The minimum absolute atomic E-state index is 0. The van der Waals surface area contributed by atoms with E-state index in [4.69, 9.17) is 9.47 Å². The fourth-order valence-electron chi connectivity index (χ4n) is 2.65. The maximum atomic E-state index is 11.2. The van der Waals surface area contributed by atoms with Crippen LogP contribution in [-0.2, 0) is 20.8 Å². The molecule has 9 heteroatoms. The van der Waals surface area contributed by atoms with E-state index in [-0.39, 0.29) is 30.1 Å². The molecule has 0 aromatic heterocycles. The first-order chi connectivity index (χ1) is 13.2. The zero-order chi connectivity index (χ0) is 19.3. The minimum atomic E-state index is -0.481. The Morgan fingerprint density at radius 2 is 2.07 bits per heavy atom. The summed E-state index contributed by atoms with van der Waals surface area (Å²) in [6.07, 6.45) is 2.95. The quantitative estimate of drug-likeness (QED) is 0.207. The Morgan fingerprint density at radius 1 is 1.29 bits per heavy atom. The van der Waals surface area contributed by atoms with Gasteiger partial charge in [0.15, 0.2) is 5.96 Å². The lowest BCUT2D eigenvalue weighted by Gasteiger charge is -2.13. The number of methoxy groups -OCH3 is 1. The molecule has 2 rings (SSSR count). The van der Waals surface area contributed by atoms with Gasteiger partial charge in [-0.15, -0.1) is 24.0 Å². The van der Waals surface area contributed by atoms with Crippen LogP contribution in [0.15, 0.2) is 29.3 Å². The number of amides is 1. The average molecular weight is 506 g/mol. The number of guanidine groups is 1. The summed E-state index contributed by atoms with van der Waals surface area (Å²) >= 11 is 0. The zero-order valence-electron chi connectivity index (χ0n) is 16.5. The molecule has 1 aromatic carbocycles. The molecule has 1 heterocycles. The molecule has 1 amide bonds. The lowest BCUT2D eigenvalue weighted by Crippen LogP contribution is -2.37. The van der Waals surface area contributed by atoms with Crippen LogP contribution in [0.25, 0.3) is 0 Å². The van der Waals surface area contributed by atoms with E-state index >= 15 is 0 Å². The first-order valence-electron chi connectivity index (χ1n) is 9.29. The van der Waals surface area contributed by atoms with Crippen molar-refractivity contribution in [2.45, 2.75) is 31.9 Å². The van der Waals surface area contributed by atoms with Crippen LogP contribution in [0.5, 0.6) is 0 Å². The summed E-state index contributed by atoms with van der Waals surface area (Å²) in [5.74, 6) is 0.742. The Bertz CT molecular complexity index is 592.